The molecule has 0 aliphatic carbocycles. The van der Waals surface area contributed by atoms with E-state index in [1.54, 1.807) is 24.3 Å². The summed E-state index contributed by atoms with van der Waals surface area (Å²) in [6.07, 6.45) is 6.59. The van der Waals surface area contributed by atoms with Gasteiger partial charge in [0.15, 0.2) is 5.96 Å². The van der Waals surface area contributed by atoms with Crippen LogP contribution in [0.15, 0.2) is 65.5 Å². The van der Waals surface area contributed by atoms with Crippen molar-refractivity contribution in [3.05, 3.63) is 71.6 Å². The Labute approximate surface area is 139 Å². The number of fused-ring (bicyclic) bond motifs is 1. The van der Waals surface area contributed by atoms with E-state index in [9.17, 15) is 9.18 Å². The van der Waals surface area contributed by atoms with Crippen molar-refractivity contribution in [1.82, 2.24) is 0 Å². The number of carbonyl (C=O) groups is 1. The third kappa shape index (κ3) is 3.98. The fourth-order valence-corrected chi connectivity index (χ4v) is 2.30. The van der Waals surface area contributed by atoms with Crippen molar-refractivity contribution in [1.29, 1.82) is 0 Å². The number of guanidine groups is 1. The number of rotatable bonds is 4. The smallest absolute Gasteiger partial charge is 0.280 e. The second kappa shape index (κ2) is 7.41. The summed E-state index contributed by atoms with van der Waals surface area (Å²) in [5.41, 5.74) is 13.1. The molecule has 6 heteroatoms. The Morgan fingerprint density at radius 1 is 1.38 bits per heavy atom. The van der Waals surface area contributed by atoms with E-state index in [1.807, 2.05) is 19.1 Å². The summed E-state index contributed by atoms with van der Waals surface area (Å²) in [5, 5.41) is 0. The molecule has 0 unspecified atom stereocenters. The van der Waals surface area contributed by atoms with Gasteiger partial charge in [-0.2, -0.15) is 4.99 Å². The molecule has 24 heavy (non-hydrogen) atoms. The number of hydrogen-bond acceptors (Lipinski definition) is 2. The second-order valence-electron chi connectivity index (χ2n) is 5.01. The van der Waals surface area contributed by atoms with Gasteiger partial charge in [0, 0.05) is 11.1 Å². The maximum Gasteiger partial charge on any atom is 0.280 e. The monoisotopic (exact) mass is 327 g/mol. The zero-order valence-corrected chi connectivity index (χ0v) is 13.3. The van der Waals surface area contributed by atoms with Gasteiger partial charge in [0.05, 0.1) is 0 Å². The van der Waals surface area contributed by atoms with Gasteiger partial charge in [-0.1, -0.05) is 18.7 Å². The van der Waals surface area contributed by atoms with Gasteiger partial charge in [-0.25, -0.2) is 4.39 Å². The Balaban J connectivity index is 2.46. The fraction of sp³-hybridized carbons (Fsp3) is 0.111. The SMILES string of the molecule is C=C(F)/C=C\C(=C/C)C1=CCOc2ccc(C(=O)N=C(N)N)cc21. The maximum atomic E-state index is 12.9. The highest BCUT2D eigenvalue weighted by Gasteiger charge is 2.18. The molecule has 1 amide bonds. The molecule has 2 rings (SSSR count). The van der Waals surface area contributed by atoms with Crippen LogP contribution in [0.2, 0.25) is 0 Å². The number of aliphatic imine (C=N–C) groups is 1. The zero-order valence-electron chi connectivity index (χ0n) is 13.3. The minimum atomic E-state index is -0.544. The third-order valence-corrected chi connectivity index (χ3v) is 3.34. The van der Waals surface area contributed by atoms with Crippen molar-refractivity contribution in [2.75, 3.05) is 6.61 Å². The summed E-state index contributed by atoms with van der Waals surface area (Å²) in [5.74, 6) is -0.764. The number of ether oxygens (including phenoxy) is 1. The molecule has 0 spiro atoms. The van der Waals surface area contributed by atoms with Crippen molar-refractivity contribution >= 4 is 17.4 Å². The van der Waals surface area contributed by atoms with Crippen LogP contribution in [0.1, 0.15) is 22.8 Å². The first-order chi connectivity index (χ1) is 11.4. The molecule has 1 aliphatic rings. The lowest BCUT2D eigenvalue weighted by atomic mass is 9.93. The number of halogens is 1. The van der Waals surface area contributed by atoms with E-state index in [1.165, 1.54) is 6.08 Å². The third-order valence-electron chi connectivity index (χ3n) is 3.34. The van der Waals surface area contributed by atoms with Crippen LogP contribution >= 0.6 is 0 Å². The topological polar surface area (TPSA) is 90.7 Å². The number of hydrogen-bond donors (Lipinski definition) is 2. The van der Waals surface area contributed by atoms with E-state index in [-0.39, 0.29) is 5.96 Å². The molecule has 124 valence electrons. The average Bonchev–Trinajstić information content (AvgIpc) is 2.54. The first kappa shape index (κ1) is 17.2. The average molecular weight is 327 g/mol. The van der Waals surface area contributed by atoms with Crippen molar-refractivity contribution in [2.24, 2.45) is 16.5 Å². The minimum absolute atomic E-state index is 0.303. The Morgan fingerprint density at radius 3 is 2.75 bits per heavy atom. The van der Waals surface area contributed by atoms with Gasteiger partial charge in [0.2, 0.25) is 0 Å². The van der Waals surface area contributed by atoms with Gasteiger partial charge < -0.3 is 16.2 Å². The Kier molecular flexibility index (Phi) is 5.31. The van der Waals surface area contributed by atoms with E-state index >= 15 is 0 Å². The summed E-state index contributed by atoms with van der Waals surface area (Å²) < 4.78 is 18.5. The quantitative estimate of drug-likeness (QED) is 0.505. The zero-order chi connectivity index (χ0) is 17.7. The lowest BCUT2D eigenvalue weighted by molar-refractivity contribution is 0.100. The molecule has 1 aromatic carbocycles. The van der Waals surface area contributed by atoms with Gasteiger partial charge >= 0.3 is 0 Å². The molecule has 0 radical (unpaired) electrons. The van der Waals surface area contributed by atoms with Gasteiger partial charge in [-0.05, 0) is 48.4 Å². The van der Waals surface area contributed by atoms with E-state index in [0.717, 1.165) is 11.1 Å². The van der Waals surface area contributed by atoms with Gasteiger partial charge in [-0.3, -0.25) is 4.79 Å². The standard InChI is InChI=1S/C18H18FN3O2/c1-3-12(5-4-11(2)19)14-8-9-24-16-7-6-13(10-15(14)16)17(23)22-18(20)21/h3-8,10H,2,9H2,1H3,(H4,20,21,22,23)/b5-4-,12-3+. The number of nitrogens with zero attached hydrogens (tertiary/aromatic N) is 1. The first-order valence-electron chi connectivity index (χ1n) is 7.23. The van der Waals surface area contributed by atoms with E-state index in [2.05, 4.69) is 11.6 Å². The minimum Gasteiger partial charge on any atom is -0.489 e. The molecular formula is C18H18FN3O2. The van der Waals surface area contributed by atoms with Crippen molar-refractivity contribution in [3.63, 3.8) is 0 Å². The fourth-order valence-electron chi connectivity index (χ4n) is 2.30. The van der Waals surface area contributed by atoms with E-state index < -0.39 is 11.7 Å². The molecule has 0 bridgehead atoms. The number of carbonyl (C=O) groups excluding carboxylic acids is 1. The molecule has 0 aromatic heterocycles. The van der Waals surface area contributed by atoms with Crippen LogP contribution < -0.4 is 16.2 Å². The predicted octanol–water partition coefficient (Wildman–Crippen LogP) is 2.86. The predicted molar refractivity (Wildman–Crippen MR) is 93.2 cm³/mol. The van der Waals surface area contributed by atoms with Crippen LogP contribution in [0.25, 0.3) is 5.57 Å². The van der Waals surface area contributed by atoms with Crippen molar-refractivity contribution in [2.45, 2.75) is 6.92 Å². The Hall–Kier alpha value is -3.15. The largest absolute Gasteiger partial charge is 0.489 e. The first-order valence-corrected chi connectivity index (χ1v) is 7.23. The molecule has 0 fully saturated rings. The van der Waals surface area contributed by atoms with Gasteiger partial charge in [0.1, 0.15) is 18.2 Å². The van der Waals surface area contributed by atoms with Crippen molar-refractivity contribution < 1.29 is 13.9 Å². The summed E-state index contributed by atoms with van der Waals surface area (Å²) in [4.78, 5) is 15.5. The summed E-state index contributed by atoms with van der Waals surface area (Å²) >= 11 is 0. The lowest BCUT2D eigenvalue weighted by Crippen LogP contribution is -2.24. The molecule has 1 aliphatic heterocycles. The number of amides is 1. The number of nitrogens with two attached hydrogens (primary N) is 2. The Morgan fingerprint density at radius 2 is 2.12 bits per heavy atom. The van der Waals surface area contributed by atoms with E-state index in [4.69, 9.17) is 16.2 Å². The van der Waals surface area contributed by atoms with Crippen LogP contribution in [0, 0.1) is 0 Å². The maximum absolute atomic E-state index is 12.9. The highest BCUT2D eigenvalue weighted by Crippen LogP contribution is 2.35. The normalized spacial score (nSPS) is 13.8. The molecule has 0 atom stereocenters. The lowest BCUT2D eigenvalue weighted by Gasteiger charge is -2.20. The number of benzene rings is 1. The highest BCUT2D eigenvalue weighted by atomic mass is 19.1. The van der Waals surface area contributed by atoms with Crippen LogP contribution in [-0.4, -0.2) is 18.5 Å². The Bertz CT molecular complexity index is 800. The molecule has 5 nitrogen and oxygen atoms in total. The second-order valence-corrected chi connectivity index (χ2v) is 5.01. The molecular weight excluding hydrogens is 309 g/mol. The molecule has 0 saturated heterocycles. The summed E-state index contributed by atoms with van der Waals surface area (Å²) in [6.45, 7) is 5.43. The van der Waals surface area contributed by atoms with Crippen LogP contribution in [0.3, 0.4) is 0 Å². The number of allylic oxidation sites excluding steroid dienone is 6. The molecule has 4 N–H and O–H groups in total. The van der Waals surface area contributed by atoms with Crippen LogP contribution in [0.5, 0.6) is 5.75 Å². The van der Waals surface area contributed by atoms with E-state index in [0.29, 0.717) is 23.5 Å². The van der Waals surface area contributed by atoms with Crippen LogP contribution in [-0.2, 0) is 0 Å². The molecule has 1 heterocycles. The molecule has 1 aromatic rings. The van der Waals surface area contributed by atoms with Gasteiger partial charge in [-0.15, -0.1) is 0 Å². The highest BCUT2D eigenvalue weighted by molar-refractivity contribution is 6.03. The molecule has 0 saturated carbocycles. The summed E-state index contributed by atoms with van der Waals surface area (Å²) in [7, 11) is 0. The van der Waals surface area contributed by atoms with Crippen LogP contribution in [0.4, 0.5) is 4.39 Å². The van der Waals surface area contributed by atoms with Crippen molar-refractivity contribution in [3.8, 4) is 5.75 Å². The van der Waals surface area contributed by atoms with Gasteiger partial charge in [0.25, 0.3) is 5.91 Å². The summed E-state index contributed by atoms with van der Waals surface area (Å²) in [6, 6.07) is 4.92.